The van der Waals surface area contributed by atoms with E-state index in [-0.39, 0.29) is 5.54 Å². The molecule has 0 aliphatic carbocycles. The second kappa shape index (κ2) is 8.55. The first-order valence-electron chi connectivity index (χ1n) is 8.64. The molecule has 0 aliphatic heterocycles. The van der Waals surface area contributed by atoms with Gasteiger partial charge in [0.25, 0.3) is 0 Å². The van der Waals surface area contributed by atoms with E-state index < -0.39 is 0 Å². The Kier molecular flexibility index (Phi) is 7.41. The third-order valence-electron chi connectivity index (χ3n) is 4.97. The fourth-order valence-corrected chi connectivity index (χ4v) is 3.72. The number of nitrogens with one attached hydrogen (secondary N) is 1. The predicted octanol–water partition coefficient (Wildman–Crippen LogP) is 4.55. The number of benzene rings is 1. The van der Waals surface area contributed by atoms with Crippen LogP contribution in [0, 0.1) is 6.92 Å². The van der Waals surface area contributed by atoms with Gasteiger partial charge in [-0.2, -0.15) is 0 Å². The van der Waals surface area contributed by atoms with Crippen molar-refractivity contribution in [1.82, 2.24) is 10.2 Å². The number of hydrogen-bond acceptors (Lipinski definition) is 2. The molecule has 0 saturated carbocycles. The fraction of sp³-hybridized carbons (Fsp3) is 0.684. The topological polar surface area (TPSA) is 15.3 Å². The van der Waals surface area contributed by atoms with Crippen LogP contribution in [0.4, 0.5) is 0 Å². The third-order valence-corrected chi connectivity index (χ3v) is 4.97. The Hall–Kier alpha value is -0.860. The molecule has 0 saturated heterocycles. The zero-order chi connectivity index (χ0) is 15.9. The van der Waals surface area contributed by atoms with E-state index in [4.69, 9.17) is 0 Å². The Morgan fingerprint density at radius 3 is 1.86 bits per heavy atom. The molecular formula is C19H34N2. The molecule has 0 spiro atoms. The molecule has 1 rings (SSSR count). The minimum atomic E-state index is 0.189. The van der Waals surface area contributed by atoms with E-state index in [0.29, 0.717) is 6.04 Å². The van der Waals surface area contributed by atoms with Crippen LogP contribution in [0.3, 0.4) is 0 Å². The van der Waals surface area contributed by atoms with Crippen LogP contribution in [0.2, 0.25) is 0 Å². The second-order valence-electron chi connectivity index (χ2n) is 5.88. The first kappa shape index (κ1) is 18.2. The summed E-state index contributed by atoms with van der Waals surface area (Å²) in [6.07, 6.45) is 2.33. The van der Waals surface area contributed by atoms with E-state index >= 15 is 0 Å². The molecule has 1 aromatic carbocycles. The number of nitrogens with zero attached hydrogens (tertiary/aromatic N) is 1. The Labute approximate surface area is 131 Å². The summed E-state index contributed by atoms with van der Waals surface area (Å²) < 4.78 is 0. The standard InChI is InChI=1S/C19H34N2/c1-7-19(8-2,21(10-4)11-5)18(20-9-3)17-14-12-16(6)13-15-17/h12-15,18,20H,7-11H2,1-6H3. The van der Waals surface area contributed by atoms with Gasteiger partial charge >= 0.3 is 0 Å². The van der Waals surface area contributed by atoms with E-state index in [1.54, 1.807) is 0 Å². The van der Waals surface area contributed by atoms with Gasteiger partial charge in [0.1, 0.15) is 0 Å². The normalized spacial score (nSPS) is 13.7. The van der Waals surface area contributed by atoms with Crippen molar-refractivity contribution in [3.63, 3.8) is 0 Å². The van der Waals surface area contributed by atoms with Crippen molar-refractivity contribution in [3.05, 3.63) is 35.4 Å². The van der Waals surface area contributed by atoms with Crippen molar-refractivity contribution in [1.29, 1.82) is 0 Å². The highest BCUT2D eigenvalue weighted by atomic mass is 15.2. The van der Waals surface area contributed by atoms with Crippen molar-refractivity contribution < 1.29 is 0 Å². The van der Waals surface area contributed by atoms with Crippen LogP contribution < -0.4 is 5.32 Å². The summed E-state index contributed by atoms with van der Waals surface area (Å²) in [5.74, 6) is 0. The summed E-state index contributed by atoms with van der Waals surface area (Å²) in [7, 11) is 0. The van der Waals surface area contributed by atoms with Crippen molar-refractivity contribution in [3.8, 4) is 0 Å². The molecule has 1 unspecified atom stereocenters. The maximum absolute atomic E-state index is 3.77. The van der Waals surface area contributed by atoms with Crippen molar-refractivity contribution >= 4 is 0 Å². The van der Waals surface area contributed by atoms with Gasteiger partial charge in [0.05, 0.1) is 6.04 Å². The summed E-state index contributed by atoms with van der Waals surface area (Å²) in [6, 6.07) is 9.45. The minimum Gasteiger partial charge on any atom is -0.309 e. The highest BCUT2D eigenvalue weighted by Gasteiger charge is 2.40. The zero-order valence-corrected chi connectivity index (χ0v) is 14.9. The van der Waals surface area contributed by atoms with Gasteiger partial charge in [0.15, 0.2) is 0 Å². The van der Waals surface area contributed by atoms with Gasteiger partial charge in [0, 0.05) is 5.54 Å². The maximum atomic E-state index is 3.77. The van der Waals surface area contributed by atoms with E-state index in [1.165, 1.54) is 11.1 Å². The molecule has 1 N–H and O–H groups in total. The minimum absolute atomic E-state index is 0.189. The molecule has 0 fully saturated rings. The summed E-state index contributed by atoms with van der Waals surface area (Å²) in [5.41, 5.74) is 2.93. The molecular weight excluding hydrogens is 256 g/mol. The number of rotatable bonds is 9. The molecule has 2 nitrogen and oxygen atoms in total. The lowest BCUT2D eigenvalue weighted by molar-refractivity contribution is 0.0493. The molecule has 0 aromatic heterocycles. The quantitative estimate of drug-likeness (QED) is 0.718. The van der Waals surface area contributed by atoms with Gasteiger partial charge in [-0.3, -0.25) is 4.90 Å². The highest BCUT2D eigenvalue weighted by Crippen LogP contribution is 2.37. The Balaban J connectivity index is 3.28. The molecule has 120 valence electrons. The zero-order valence-electron chi connectivity index (χ0n) is 14.9. The molecule has 2 heteroatoms. The van der Waals surface area contributed by atoms with E-state index in [0.717, 1.165) is 32.5 Å². The average Bonchev–Trinajstić information content (AvgIpc) is 2.52. The van der Waals surface area contributed by atoms with Gasteiger partial charge in [-0.25, -0.2) is 0 Å². The van der Waals surface area contributed by atoms with Crippen molar-refractivity contribution in [2.45, 2.75) is 66.0 Å². The van der Waals surface area contributed by atoms with Crippen LogP contribution in [0.5, 0.6) is 0 Å². The molecule has 0 radical (unpaired) electrons. The lowest BCUT2D eigenvalue weighted by atomic mass is 9.78. The Morgan fingerprint density at radius 2 is 1.48 bits per heavy atom. The van der Waals surface area contributed by atoms with Crippen LogP contribution in [0.15, 0.2) is 24.3 Å². The van der Waals surface area contributed by atoms with Crippen LogP contribution in [-0.2, 0) is 0 Å². The first-order valence-corrected chi connectivity index (χ1v) is 8.64. The molecule has 0 heterocycles. The van der Waals surface area contributed by atoms with Gasteiger partial charge in [0.2, 0.25) is 0 Å². The van der Waals surface area contributed by atoms with E-state index in [1.807, 2.05) is 0 Å². The molecule has 0 amide bonds. The van der Waals surface area contributed by atoms with E-state index in [9.17, 15) is 0 Å². The van der Waals surface area contributed by atoms with Gasteiger partial charge in [-0.15, -0.1) is 0 Å². The molecule has 0 aliphatic rings. The molecule has 1 atom stereocenters. The van der Waals surface area contributed by atoms with E-state index in [2.05, 4.69) is 76.0 Å². The summed E-state index contributed by atoms with van der Waals surface area (Å²) in [5, 5.41) is 3.77. The van der Waals surface area contributed by atoms with Crippen LogP contribution in [0.1, 0.15) is 64.6 Å². The summed E-state index contributed by atoms with van der Waals surface area (Å²) in [6.45, 7) is 16.8. The highest BCUT2D eigenvalue weighted by molar-refractivity contribution is 5.27. The predicted molar refractivity (Wildman–Crippen MR) is 93.8 cm³/mol. The third kappa shape index (κ3) is 3.87. The summed E-state index contributed by atoms with van der Waals surface area (Å²) in [4.78, 5) is 2.64. The Bertz CT molecular complexity index is 389. The van der Waals surface area contributed by atoms with Crippen LogP contribution in [-0.4, -0.2) is 30.1 Å². The SMILES string of the molecule is CCNC(c1ccc(C)cc1)C(CC)(CC)N(CC)CC. The monoisotopic (exact) mass is 290 g/mol. The summed E-state index contributed by atoms with van der Waals surface area (Å²) >= 11 is 0. The molecule has 1 aromatic rings. The maximum Gasteiger partial charge on any atom is 0.0506 e. The fourth-order valence-electron chi connectivity index (χ4n) is 3.72. The smallest absolute Gasteiger partial charge is 0.0506 e. The molecule has 21 heavy (non-hydrogen) atoms. The lowest BCUT2D eigenvalue weighted by Crippen LogP contribution is -2.56. The molecule has 0 bridgehead atoms. The largest absolute Gasteiger partial charge is 0.309 e. The van der Waals surface area contributed by atoms with Gasteiger partial charge < -0.3 is 5.32 Å². The number of likely N-dealkylation sites (N-methyl/N-ethyl adjacent to an activating group) is 2. The lowest BCUT2D eigenvalue weighted by Gasteiger charge is -2.48. The first-order chi connectivity index (χ1) is 10.1. The Morgan fingerprint density at radius 1 is 0.952 bits per heavy atom. The van der Waals surface area contributed by atoms with Crippen molar-refractivity contribution in [2.24, 2.45) is 0 Å². The van der Waals surface area contributed by atoms with Crippen molar-refractivity contribution in [2.75, 3.05) is 19.6 Å². The van der Waals surface area contributed by atoms with Crippen LogP contribution in [0.25, 0.3) is 0 Å². The average molecular weight is 290 g/mol. The number of aryl methyl sites for hydroxylation is 1. The van der Waals surface area contributed by atoms with Gasteiger partial charge in [-0.1, -0.05) is 64.4 Å². The second-order valence-corrected chi connectivity index (χ2v) is 5.88. The van der Waals surface area contributed by atoms with Gasteiger partial charge in [-0.05, 0) is 45.0 Å². The number of hydrogen-bond donors (Lipinski definition) is 1. The van der Waals surface area contributed by atoms with Crippen LogP contribution >= 0.6 is 0 Å².